The van der Waals surface area contributed by atoms with Crippen LogP contribution < -0.4 is 5.32 Å². The fourth-order valence-electron chi connectivity index (χ4n) is 1.91. The Morgan fingerprint density at radius 1 is 1.43 bits per heavy atom. The minimum atomic E-state index is 0.944. The predicted octanol–water partition coefficient (Wildman–Crippen LogP) is 2.74. The van der Waals surface area contributed by atoms with Gasteiger partial charge in [-0.3, -0.25) is 0 Å². The first kappa shape index (κ1) is 9.72. The third-order valence-electron chi connectivity index (χ3n) is 3.09. The summed E-state index contributed by atoms with van der Waals surface area (Å²) in [6.07, 6.45) is 1.42. The third-order valence-corrected chi connectivity index (χ3v) is 3.09. The Bertz CT molecular complexity index is 306. The molecular formula is C13H19N. The minimum absolute atomic E-state index is 0.944. The van der Waals surface area contributed by atoms with Crippen molar-refractivity contribution in [1.29, 1.82) is 0 Å². The zero-order valence-corrected chi connectivity index (χ0v) is 9.09. The van der Waals surface area contributed by atoms with Crippen LogP contribution in [0.25, 0.3) is 0 Å². The summed E-state index contributed by atoms with van der Waals surface area (Å²) >= 11 is 0. The molecule has 1 aliphatic carbocycles. The van der Waals surface area contributed by atoms with Crippen LogP contribution in [0.5, 0.6) is 0 Å². The molecule has 0 aromatic heterocycles. The van der Waals surface area contributed by atoms with Gasteiger partial charge >= 0.3 is 0 Å². The molecule has 0 amide bonds. The van der Waals surface area contributed by atoms with Crippen LogP contribution in [0.2, 0.25) is 0 Å². The van der Waals surface area contributed by atoms with Crippen molar-refractivity contribution < 1.29 is 0 Å². The van der Waals surface area contributed by atoms with Gasteiger partial charge in [-0.25, -0.2) is 0 Å². The molecule has 14 heavy (non-hydrogen) atoms. The average molecular weight is 189 g/mol. The van der Waals surface area contributed by atoms with E-state index in [4.69, 9.17) is 0 Å². The lowest BCUT2D eigenvalue weighted by atomic mass is 10.1. The van der Waals surface area contributed by atoms with E-state index in [0.717, 1.165) is 18.4 Å². The van der Waals surface area contributed by atoms with Crippen LogP contribution in [-0.2, 0) is 6.54 Å². The second kappa shape index (κ2) is 4.14. The molecule has 1 heteroatoms. The zero-order valence-electron chi connectivity index (χ0n) is 9.09. The van der Waals surface area contributed by atoms with Crippen molar-refractivity contribution in [3.63, 3.8) is 0 Å². The Hall–Kier alpha value is -0.820. The summed E-state index contributed by atoms with van der Waals surface area (Å²) < 4.78 is 0. The Morgan fingerprint density at radius 3 is 2.86 bits per heavy atom. The third kappa shape index (κ3) is 2.58. The SMILES string of the molecule is Cc1cccc(CNCC2CC2C)c1. The molecule has 1 aliphatic rings. The van der Waals surface area contributed by atoms with Gasteiger partial charge in [-0.2, -0.15) is 0 Å². The number of hydrogen-bond acceptors (Lipinski definition) is 1. The highest BCUT2D eigenvalue weighted by molar-refractivity contribution is 5.21. The summed E-state index contributed by atoms with van der Waals surface area (Å²) in [5, 5.41) is 3.52. The Kier molecular flexibility index (Phi) is 2.87. The molecule has 0 heterocycles. The van der Waals surface area contributed by atoms with E-state index in [1.807, 2.05) is 0 Å². The lowest BCUT2D eigenvalue weighted by molar-refractivity contribution is 0.612. The van der Waals surface area contributed by atoms with Crippen LogP contribution in [0.3, 0.4) is 0 Å². The van der Waals surface area contributed by atoms with Gasteiger partial charge in [0.05, 0.1) is 0 Å². The van der Waals surface area contributed by atoms with Gasteiger partial charge in [-0.05, 0) is 37.3 Å². The minimum Gasteiger partial charge on any atom is -0.312 e. The molecule has 0 saturated heterocycles. The van der Waals surface area contributed by atoms with E-state index in [1.165, 1.54) is 24.1 Å². The number of rotatable bonds is 4. The molecule has 0 aliphatic heterocycles. The van der Waals surface area contributed by atoms with Crippen LogP contribution in [0.15, 0.2) is 24.3 Å². The molecule has 76 valence electrons. The Balaban J connectivity index is 1.74. The van der Waals surface area contributed by atoms with E-state index >= 15 is 0 Å². The molecule has 1 saturated carbocycles. The smallest absolute Gasteiger partial charge is 0.0205 e. The van der Waals surface area contributed by atoms with Crippen molar-refractivity contribution >= 4 is 0 Å². The maximum Gasteiger partial charge on any atom is 0.0205 e. The summed E-state index contributed by atoms with van der Waals surface area (Å²) in [5.41, 5.74) is 2.75. The predicted molar refractivity (Wildman–Crippen MR) is 60.2 cm³/mol. The average Bonchev–Trinajstić information content (AvgIpc) is 2.82. The van der Waals surface area contributed by atoms with Gasteiger partial charge in [0, 0.05) is 6.54 Å². The number of benzene rings is 1. The highest BCUT2D eigenvalue weighted by atomic mass is 14.9. The quantitative estimate of drug-likeness (QED) is 0.768. The molecule has 2 unspecified atom stereocenters. The van der Waals surface area contributed by atoms with Gasteiger partial charge in [0.2, 0.25) is 0 Å². The van der Waals surface area contributed by atoms with Gasteiger partial charge in [-0.15, -0.1) is 0 Å². The highest BCUT2D eigenvalue weighted by Crippen LogP contribution is 2.36. The lowest BCUT2D eigenvalue weighted by Crippen LogP contribution is -2.16. The standard InChI is InChI=1S/C13H19N/c1-10-4-3-5-12(6-10)8-14-9-13-7-11(13)2/h3-6,11,13-14H,7-9H2,1-2H3. The fraction of sp³-hybridized carbons (Fsp3) is 0.538. The van der Waals surface area contributed by atoms with Crippen LogP contribution in [-0.4, -0.2) is 6.54 Å². The maximum absolute atomic E-state index is 3.52. The van der Waals surface area contributed by atoms with Crippen molar-refractivity contribution in [2.24, 2.45) is 11.8 Å². The summed E-state index contributed by atoms with van der Waals surface area (Å²) in [6.45, 7) is 6.69. The maximum atomic E-state index is 3.52. The van der Waals surface area contributed by atoms with Crippen LogP contribution in [0.1, 0.15) is 24.5 Å². The number of hydrogen-bond donors (Lipinski definition) is 1. The summed E-state index contributed by atoms with van der Waals surface area (Å²) in [5.74, 6) is 1.90. The second-order valence-corrected chi connectivity index (χ2v) is 4.59. The van der Waals surface area contributed by atoms with Gasteiger partial charge in [0.1, 0.15) is 0 Å². The van der Waals surface area contributed by atoms with Crippen molar-refractivity contribution in [2.75, 3.05) is 6.54 Å². The molecule has 1 aromatic rings. The highest BCUT2D eigenvalue weighted by Gasteiger charge is 2.31. The summed E-state index contributed by atoms with van der Waals surface area (Å²) in [4.78, 5) is 0. The van der Waals surface area contributed by atoms with E-state index in [2.05, 4.69) is 43.4 Å². The topological polar surface area (TPSA) is 12.0 Å². The van der Waals surface area contributed by atoms with Gasteiger partial charge in [0.15, 0.2) is 0 Å². The largest absolute Gasteiger partial charge is 0.312 e. The zero-order chi connectivity index (χ0) is 9.97. The number of aryl methyl sites for hydroxylation is 1. The monoisotopic (exact) mass is 189 g/mol. The number of nitrogens with one attached hydrogen (secondary N) is 1. The molecule has 0 radical (unpaired) electrons. The normalized spacial score (nSPS) is 25.0. The van der Waals surface area contributed by atoms with E-state index in [9.17, 15) is 0 Å². The fourth-order valence-corrected chi connectivity index (χ4v) is 1.91. The van der Waals surface area contributed by atoms with E-state index < -0.39 is 0 Å². The summed E-state index contributed by atoms with van der Waals surface area (Å²) in [7, 11) is 0. The molecule has 1 N–H and O–H groups in total. The first-order valence-electron chi connectivity index (χ1n) is 5.52. The van der Waals surface area contributed by atoms with E-state index in [1.54, 1.807) is 0 Å². The first-order chi connectivity index (χ1) is 6.75. The molecule has 1 fully saturated rings. The summed E-state index contributed by atoms with van der Waals surface area (Å²) in [6, 6.07) is 8.72. The lowest BCUT2D eigenvalue weighted by Gasteiger charge is -2.04. The van der Waals surface area contributed by atoms with Crippen molar-refractivity contribution in [3.05, 3.63) is 35.4 Å². The van der Waals surface area contributed by atoms with E-state index in [0.29, 0.717) is 0 Å². The van der Waals surface area contributed by atoms with Crippen molar-refractivity contribution in [3.8, 4) is 0 Å². The molecule has 0 bridgehead atoms. The van der Waals surface area contributed by atoms with E-state index in [-0.39, 0.29) is 0 Å². The molecule has 1 nitrogen and oxygen atoms in total. The van der Waals surface area contributed by atoms with Crippen LogP contribution >= 0.6 is 0 Å². The van der Waals surface area contributed by atoms with Gasteiger partial charge in [0.25, 0.3) is 0 Å². The van der Waals surface area contributed by atoms with Gasteiger partial charge in [-0.1, -0.05) is 36.8 Å². The Morgan fingerprint density at radius 2 is 2.21 bits per heavy atom. The van der Waals surface area contributed by atoms with Crippen LogP contribution in [0, 0.1) is 18.8 Å². The molecule has 0 spiro atoms. The first-order valence-corrected chi connectivity index (χ1v) is 5.52. The Labute approximate surface area is 86.5 Å². The molecule has 2 rings (SSSR count). The van der Waals surface area contributed by atoms with Crippen molar-refractivity contribution in [1.82, 2.24) is 5.32 Å². The van der Waals surface area contributed by atoms with Crippen molar-refractivity contribution in [2.45, 2.75) is 26.8 Å². The van der Waals surface area contributed by atoms with Crippen LogP contribution in [0.4, 0.5) is 0 Å². The second-order valence-electron chi connectivity index (χ2n) is 4.59. The molecular weight excluding hydrogens is 170 g/mol. The van der Waals surface area contributed by atoms with Gasteiger partial charge < -0.3 is 5.32 Å². The molecule has 2 atom stereocenters. The molecule has 1 aromatic carbocycles.